The fraction of sp³-hybridized carbons (Fsp3) is 0.143. The average Bonchev–Trinajstić information content (AvgIpc) is 2.40. The van der Waals surface area contributed by atoms with Gasteiger partial charge in [0.25, 0.3) is 5.91 Å². The summed E-state index contributed by atoms with van der Waals surface area (Å²) >= 11 is 0. The van der Waals surface area contributed by atoms with Crippen molar-refractivity contribution in [1.82, 2.24) is 10.3 Å². The van der Waals surface area contributed by atoms with Crippen LogP contribution in [0.4, 0.5) is 14.5 Å². The molecular formula is C14H13F2N3O. The third-order valence-corrected chi connectivity index (χ3v) is 2.71. The fourth-order valence-corrected chi connectivity index (χ4v) is 1.70. The van der Waals surface area contributed by atoms with Crippen molar-refractivity contribution in [2.45, 2.75) is 13.5 Å². The number of nitrogen functional groups attached to an aromatic ring is 1. The average molecular weight is 277 g/mol. The fourth-order valence-electron chi connectivity index (χ4n) is 1.70. The minimum Gasteiger partial charge on any atom is -0.396 e. The zero-order chi connectivity index (χ0) is 14.7. The maximum atomic E-state index is 13.5. The van der Waals surface area contributed by atoms with Crippen molar-refractivity contribution in [3.8, 4) is 0 Å². The van der Waals surface area contributed by atoms with Crippen LogP contribution in [0, 0.1) is 18.6 Å². The van der Waals surface area contributed by atoms with Gasteiger partial charge in [-0.2, -0.15) is 0 Å². The summed E-state index contributed by atoms with van der Waals surface area (Å²) in [4.78, 5) is 16.0. The summed E-state index contributed by atoms with van der Waals surface area (Å²) in [6.45, 7) is 1.98. The lowest BCUT2D eigenvalue weighted by Gasteiger charge is -2.07. The van der Waals surface area contributed by atoms with Crippen LogP contribution in [0.1, 0.15) is 21.7 Å². The predicted octanol–water partition coefficient (Wildman–Crippen LogP) is 2.18. The molecule has 0 bridgehead atoms. The number of rotatable bonds is 3. The predicted molar refractivity (Wildman–Crippen MR) is 70.9 cm³/mol. The molecule has 1 aromatic heterocycles. The molecule has 2 rings (SSSR count). The number of carbonyl (C=O) groups excluding carboxylic acids is 1. The molecule has 104 valence electrons. The van der Waals surface area contributed by atoms with Gasteiger partial charge in [0, 0.05) is 11.8 Å². The number of hydrogen-bond donors (Lipinski definition) is 2. The first kappa shape index (κ1) is 13.9. The molecule has 0 aliphatic carbocycles. The molecule has 0 spiro atoms. The van der Waals surface area contributed by atoms with E-state index in [9.17, 15) is 13.6 Å². The van der Waals surface area contributed by atoms with Crippen LogP contribution < -0.4 is 11.1 Å². The molecule has 0 fully saturated rings. The van der Waals surface area contributed by atoms with Gasteiger partial charge >= 0.3 is 0 Å². The van der Waals surface area contributed by atoms with Gasteiger partial charge in [-0.15, -0.1) is 0 Å². The lowest BCUT2D eigenvalue weighted by molar-refractivity contribution is 0.0946. The van der Waals surface area contributed by atoms with Crippen LogP contribution in [0.15, 0.2) is 30.3 Å². The zero-order valence-corrected chi connectivity index (χ0v) is 10.8. The number of nitrogens with one attached hydrogen (secondary N) is 1. The van der Waals surface area contributed by atoms with E-state index in [-0.39, 0.29) is 17.8 Å². The maximum Gasteiger partial charge on any atom is 0.254 e. The van der Waals surface area contributed by atoms with Crippen LogP contribution in [0.5, 0.6) is 0 Å². The summed E-state index contributed by atoms with van der Waals surface area (Å²) in [7, 11) is 0. The Bertz CT molecular complexity index is 659. The lowest BCUT2D eigenvalue weighted by atomic mass is 10.1. The lowest BCUT2D eigenvalue weighted by Crippen LogP contribution is -2.24. The van der Waals surface area contributed by atoms with Gasteiger partial charge in [0.05, 0.1) is 23.5 Å². The highest BCUT2D eigenvalue weighted by molar-refractivity contribution is 5.95. The number of anilines is 1. The maximum absolute atomic E-state index is 13.5. The van der Waals surface area contributed by atoms with Crippen molar-refractivity contribution in [1.29, 1.82) is 0 Å². The molecule has 0 atom stereocenters. The highest BCUT2D eigenvalue weighted by atomic mass is 19.1. The molecule has 20 heavy (non-hydrogen) atoms. The highest BCUT2D eigenvalue weighted by Gasteiger charge is 2.14. The molecule has 1 aromatic carbocycles. The van der Waals surface area contributed by atoms with Gasteiger partial charge in [0.15, 0.2) is 0 Å². The van der Waals surface area contributed by atoms with Gasteiger partial charge in [-0.3, -0.25) is 9.78 Å². The van der Waals surface area contributed by atoms with Crippen molar-refractivity contribution in [2.24, 2.45) is 0 Å². The second-order valence-electron chi connectivity index (χ2n) is 4.31. The summed E-state index contributed by atoms with van der Waals surface area (Å²) in [6, 6.07) is 6.94. The molecule has 0 aliphatic heterocycles. The van der Waals surface area contributed by atoms with Crippen LogP contribution in [0.2, 0.25) is 0 Å². The van der Waals surface area contributed by atoms with Crippen LogP contribution in [0.3, 0.4) is 0 Å². The number of halogens is 2. The monoisotopic (exact) mass is 277 g/mol. The van der Waals surface area contributed by atoms with E-state index in [0.29, 0.717) is 11.8 Å². The highest BCUT2D eigenvalue weighted by Crippen LogP contribution is 2.16. The second-order valence-corrected chi connectivity index (χ2v) is 4.31. The summed E-state index contributed by atoms with van der Waals surface area (Å²) in [5.41, 5.74) is 6.21. The van der Waals surface area contributed by atoms with Crippen molar-refractivity contribution < 1.29 is 13.6 Å². The van der Waals surface area contributed by atoms with Crippen LogP contribution >= 0.6 is 0 Å². The van der Waals surface area contributed by atoms with E-state index >= 15 is 0 Å². The molecule has 6 heteroatoms. The van der Waals surface area contributed by atoms with E-state index in [0.717, 1.165) is 11.8 Å². The molecule has 2 aromatic rings. The first-order valence-corrected chi connectivity index (χ1v) is 5.92. The van der Waals surface area contributed by atoms with Crippen molar-refractivity contribution in [3.05, 3.63) is 58.9 Å². The smallest absolute Gasteiger partial charge is 0.254 e. The molecule has 0 aliphatic rings. The third-order valence-electron chi connectivity index (χ3n) is 2.71. The number of amides is 1. The molecule has 0 saturated heterocycles. The van der Waals surface area contributed by atoms with Crippen molar-refractivity contribution in [3.63, 3.8) is 0 Å². The Hall–Kier alpha value is -2.50. The number of nitrogens with zero attached hydrogens (tertiary/aromatic N) is 1. The molecule has 0 radical (unpaired) electrons. The minimum atomic E-state index is -0.952. The van der Waals surface area contributed by atoms with Gasteiger partial charge in [-0.05, 0) is 25.1 Å². The van der Waals surface area contributed by atoms with Gasteiger partial charge in [-0.1, -0.05) is 6.07 Å². The number of hydrogen-bond acceptors (Lipinski definition) is 3. The summed E-state index contributed by atoms with van der Waals surface area (Å²) in [5, 5.41) is 2.51. The van der Waals surface area contributed by atoms with E-state index in [2.05, 4.69) is 10.3 Å². The van der Waals surface area contributed by atoms with E-state index in [1.807, 2.05) is 13.0 Å². The Morgan fingerprint density at radius 1 is 1.30 bits per heavy atom. The molecule has 4 nitrogen and oxygen atoms in total. The van der Waals surface area contributed by atoms with Gasteiger partial charge < -0.3 is 11.1 Å². The van der Waals surface area contributed by atoms with E-state index in [1.165, 1.54) is 0 Å². The van der Waals surface area contributed by atoms with Crippen molar-refractivity contribution >= 4 is 11.6 Å². The largest absolute Gasteiger partial charge is 0.396 e. The minimum absolute atomic E-state index is 0.150. The topological polar surface area (TPSA) is 68.0 Å². The zero-order valence-electron chi connectivity index (χ0n) is 10.8. The second kappa shape index (κ2) is 5.64. The Kier molecular flexibility index (Phi) is 3.93. The molecular weight excluding hydrogens is 264 g/mol. The van der Waals surface area contributed by atoms with Gasteiger partial charge in [0.1, 0.15) is 11.6 Å². The van der Waals surface area contributed by atoms with E-state index in [4.69, 9.17) is 5.73 Å². The van der Waals surface area contributed by atoms with Crippen LogP contribution in [-0.2, 0) is 6.54 Å². The SMILES string of the molecule is Cc1cccc(CNC(=O)c2cc(N)c(F)cc2F)n1. The standard InChI is InChI=1S/C14H13F2N3O/c1-8-3-2-4-9(19-8)7-18-14(20)10-5-13(17)12(16)6-11(10)15/h2-6H,7,17H2,1H3,(H,18,20). The summed E-state index contributed by atoms with van der Waals surface area (Å²) < 4.78 is 26.5. The molecule has 0 saturated carbocycles. The number of aromatic nitrogens is 1. The van der Waals surface area contributed by atoms with Gasteiger partial charge in [0.2, 0.25) is 0 Å². The number of aryl methyl sites for hydroxylation is 1. The third kappa shape index (κ3) is 3.09. The Morgan fingerprint density at radius 3 is 2.75 bits per heavy atom. The van der Waals surface area contributed by atoms with Crippen LogP contribution in [-0.4, -0.2) is 10.9 Å². The Morgan fingerprint density at radius 2 is 2.05 bits per heavy atom. The van der Waals surface area contributed by atoms with Crippen molar-refractivity contribution in [2.75, 3.05) is 5.73 Å². The molecule has 1 heterocycles. The normalized spacial score (nSPS) is 10.3. The number of carbonyl (C=O) groups is 1. The molecule has 3 N–H and O–H groups in total. The Labute approximate surface area is 114 Å². The van der Waals surface area contributed by atoms with Gasteiger partial charge in [-0.25, -0.2) is 8.78 Å². The number of nitrogens with two attached hydrogens (primary N) is 1. The Balaban J connectivity index is 2.11. The number of benzene rings is 1. The van der Waals surface area contributed by atoms with E-state index in [1.54, 1.807) is 12.1 Å². The molecule has 0 unspecified atom stereocenters. The summed E-state index contributed by atoms with van der Waals surface area (Å²) in [5.74, 6) is -2.51. The number of pyridine rings is 1. The first-order valence-electron chi connectivity index (χ1n) is 5.92. The quantitative estimate of drug-likeness (QED) is 0.845. The van der Waals surface area contributed by atoms with E-state index < -0.39 is 17.5 Å². The molecule has 1 amide bonds. The first-order chi connectivity index (χ1) is 9.47. The summed E-state index contributed by atoms with van der Waals surface area (Å²) in [6.07, 6.45) is 0. The van der Waals surface area contributed by atoms with Crippen LogP contribution in [0.25, 0.3) is 0 Å².